The number of benzene rings is 1. The molecule has 4 aliphatic heterocycles. The Hall–Kier alpha value is -2.77. The third-order valence-electron chi connectivity index (χ3n) is 7.85. The lowest BCUT2D eigenvalue weighted by molar-refractivity contribution is -0.179. The summed E-state index contributed by atoms with van der Waals surface area (Å²) in [5.74, 6) is 0.161. The molecular formula is C28H30FN3O2S. The monoisotopic (exact) mass is 491 g/mol. The molecule has 7 heteroatoms. The zero-order valence-electron chi connectivity index (χ0n) is 20.1. The first kappa shape index (κ1) is 22.7. The number of carbonyl (C=O) groups excluding carboxylic acids is 1. The number of fused-ring (bicyclic) bond motifs is 3. The number of carbonyl (C=O) groups is 1. The first-order valence-electron chi connectivity index (χ1n) is 12.3. The van der Waals surface area contributed by atoms with Gasteiger partial charge in [-0.2, -0.15) is 5.01 Å². The maximum atomic E-state index is 15.8. The van der Waals surface area contributed by atoms with Crippen molar-refractivity contribution in [2.45, 2.75) is 57.5 Å². The Morgan fingerprint density at radius 3 is 2.91 bits per heavy atom. The van der Waals surface area contributed by atoms with Crippen LogP contribution in [0.5, 0.6) is 0 Å². The van der Waals surface area contributed by atoms with Crippen LogP contribution < -0.4 is 0 Å². The molecule has 0 spiro atoms. The molecule has 1 N–H and O–H groups in total. The van der Waals surface area contributed by atoms with Gasteiger partial charge in [-0.15, -0.1) is 11.8 Å². The Balaban J connectivity index is 1.62. The smallest absolute Gasteiger partial charge is 0.277 e. The topological polar surface area (TPSA) is 47.0 Å². The van der Waals surface area contributed by atoms with Crippen molar-refractivity contribution in [2.24, 2.45) is 5.41 Å². The van der Waals surface area contributed by atoms with Gasteiger partial charge in [-0.1, -0.05) is 44.7 Å². The van der Waals surface area contributed by atoms with Crippen molar-refractivity contribution in [3.8, 4) is 0 Å². The SMILES string of the molecule is C=C1C=CN2C(=C1O)C(=O)N1CCC(C)(C)CC1N2[C@@H]1C2=C(CCC=C2)SCc2cccc(F)c21. The van der Waals surface area contributed by atoms with E-state index < -0.39 is 6.04 Å². The minimum atomic E-state index is -0.430. The molecule has 6 rings (SSSR count). The van der Waals surface area contributed by atoms with Crippen LogP contribution in [-0.2, 0) is 10.5 Å². The summed E-state index contributed by atoms with van der Waals surface area (Å²) < 4.78 is 15.8. The Kier molecular flexibility index (Phi) is 5.27. The fourth-order valence-electron chi connectivity index (χ4n) is 5.96. The average Bonchev–Trinajstić information content (AvgIpc) is 2.99. The van der Waals surface area contributed by atoms with Gasteiger partial charge < -0.3 is 10.0 Å². The van der Waals surface area contributed by atoms with E-state index in [1.54, 1.807) is 35.1 Å². The molecule has 0 saturated carbocycles. The molecule has 1 aliphatic carbocycles. The van der Waals surface area contributed by atoms with Crippen molar-refractivity contribution >= 4 is 17.7 Å². The van der Waals surface area contributed by atoms with Crippen molar-refractivity contribution in [1.29, 1.82) is 0 Å². The van der Waals surface area contributed by atoms with E-state index in [4.69, 9.17) is 0 Å². The van der Waals surface area contributed by atoms with Gasteiger partial charge in [0.15, 0.2) is 11.5 Å². The fourth-order valence-corrected chi connectivity index (χ4v) is 7.15. The van der Waals surface area contributed by atoms with Crippen LogP contribution in [0.25, 0.3) is 0 Å². The van der Waals surface area contributed by atoms with Gasteiger partial charge in [0.1, 0.15) is 12.0 Å². The Morgan fingerprint density at radius 1 is 1.26 bits per heavy atom. The maximum Gasteiger partial charge on any atom is 0.277 e. The molecular weight excluding hydrogens is 461 g/mol. The van der Waals surface area contributed by atoms with Gasteiger partial charge in [-0.3, -0.25) is 9.80 Å². The molecule has 2 saturated heterocycles. The number of nitrogens with zero attached hydrogens (tertiary/aromatic N) is 3. The lowest BCUT2D eigenvalue weighted by Crippen LogP contribution is -2.67. The molecule has 182 valence electrons. The Morgan fingerprint density at radius 2 is 2.09 bits per heavy atom. The van der Waals surface area contributed by atoms with E-state index in [-0.39, 0.29) is 34.8 Å². The largest absolute Gasteiger partial charge is 0.505 e. The molecule has 1 unspecified atom stereocenters. The van der Waals surface area contributed by atoms with E-state index in [9.17, 15) is 9.90 Å². The molecule has 2 fully saturated rings. The number of thioether (sulfide) groups is 1. The zero-order chi connectivity index (χ0) is 24.5. The second kappa shape index (κ2) is 8.14. The van der Waals surface area contributed by atoms with Gasteiger partial charge in [-0.25, -0.2) is 4.39 Å². The highest BCUT2D eigenvalue weighted by molar-refractivity contribution is 8.02. The summed E-state index contributed by atoms with van der Waals surface area (Å²) in [6, 6.07) is 4.90. The summed E-state index contributed by atoms with van der Waals surface area (Å²) in [5.41, 5.74) is 3.33. The highest BCUT2D eigenvalue weighted by Crippen LogP contribution is 2.51. The van der Waals surface area contributed by atoms with Gasteiger partial charge in [0.05, 0.1) is 6.04 Å². The van der Waals surface area contributed by atoms with Crippen LogP contribution in [0.3, 0.4) is 0 Å². The molecule has 1 aromatic rings. The van der Waals surface area contributed by atoms with Gasteiger partial charge in [0.25, 0.3) is 5.91 Å². The van der Waals surface area contributed by atoms with Crippen molar-refractivity contribution < 1.29 is 14.3 Å². The zero-order valence-corrected chi connectivity index (χ0v) is 20.9. The van der Waals surface area contributed by atoms with Crippen LogP contribution in [0.15, 0.2) is 76.7 Å². The summed E-state index contributed by atoms with van der Waals surface area (Å²) in [6.07, 6.45) is 11.1. The molecule has 0 bridgehead atoms. The number of hydrogen-bond acceptors (Lipinski definition) is 5. The van der Waals surface area contributed by atoms with E-state index in [2.05, 4.69) is 37.6 Å². The number of hydrazine groups is 1. The van der Waals surface area contributed by atoms with Crippen LogP contribution in [-0.4, -0.2) is 38.6 Å². The van der Waals surface area contributed by atoms with Crippen molar-refractivity contribution in [3.05, 3.63) is 93.7 Å². The number of aliphatic hydroxyl groups excluding tert-OH is 1. The van der Waals surface area contributed by atoms with E-state index in [1.165, 1.54) is 11.0 Å². The number of piperidine rings is 1. The third kappa shape index (κ3) is 3.51. The molecule has 5 aliphatic rings. The van der Waals surface area contributed by atoms with Crippen LogP contribution in [0.4, 0.5) is 4.39 Å². The number of rotatable bonds is 1. The summed E-state index contributed by atoms with van der Waals surface area (Å²) in [7, 11) is 0. The summed E-state index contributed by atoms with van der Waals surface area (Å²) in [4.78, 5) is 16.8. The maximum absolute atomic E-state index is 15.8. The second-order valence-electron chi connectivity index (χ2n) is 10.7. The van der Waals surface area contributed by atoms with Crippen molar-refractivity contribution in [3.63, 3.8) is 0 Å². The highest BCUT2D eigenvalue weighted by atomic mass is 32.2. The number of aliphatic hydroxyl groups is 1. The van der Waals surface area contributed by atoms with Crippen LogP contribution in [0, 0.1) is 11.2 Å². The first-order valence-corrected chi connectivity index (χ1v) is 13.2. The van der Waals surface area contributed by atoms with Crippen molar-refractivity contribution in [1.82, 2.24) is 14.9 Å². The normalized spacial score (nSPS) is 28.0. The molecule has 1 amide bonds. The minimum absolute atomic E-state index is 0.0171. The lowest BCUT2D eigenvalue weighted by Gasteiger charge is -2.57. The molecule has 0 radical (unpaired) electrons. The Bertz CT molecular complexity index is 1260. The van der Waals surface area contributed by atoms with E-state index in [1.807, 2.05) is 11.0 Å². The van der Waals surface area contributed by atoms with Gasteiger partial charge in [-0.05, 0) is 59.3 Å². The van der Waals surface area contributed by atoms with Crippen LogP contribution in [0.2, 0.25) is 0 Å². The molecule has 35 heavy (non-hydrogen) atoms. The second-order valence-corrected chi connectivity index (χ2v) is 11.8. The average molecular weight is 492 g/mol. The lowest BCUT2D eigenvalue weighted by atomic mass is 9.79. The number of halogens is 1. The molecule has 2 atom stereocenters. The van der Waals surface area contributed by atoms with E-state index in [0.29, 0.717) is 23.4 Å². The van der Waals surface area contributed by atoms with Crippen LogP contribution >= 0.6 is 11.8 Å². The predicted molar refractivity (Wildman–Crippen MR) is 136 cm³/mol. The van der Waals surface area contributed by atoms with E-state index in [0.717, 1.165) is 36.8 Å². The Labute approximate surface area is 209 Å². The molecule has 1 aromatic carbocycles. The fraction of sp³-hybridized carbons (Fsp3) is 0.393. The minimum Gasteiger partial charge on any atom is -0.505 e. The van der Waals surface area contributed by atoms with Crippen molar-refractivity contribution in [2.75, 3.05) is 6.54 Å². The standard InChI is InChI=1S/C28H30FN3O2S/c1-17-11-13-31-25(26(17)33)27(34)30-14-12-28(2,3)15-22(30)32(31)24-19-8-4-5-10-21(19)35-16-18-7-6-9-20(29)23(18)24/h4,6-9,11,13,22,24,33H,1,5,10,12,14-16H2,2-3H3/t22?,24-/m1/s1. The quantitative estimate of drug-likeness (QED) is 0.516. The summed E-state index contributed by atoms with van der Waals surface area (Å²) >= 11 is 1.79. The molecule has 4 heterocycles. The number of amides is 1. The first-order chi connectivity index (χ1) is 16.8. The van der Waals surface area contributed by atoms with Gasteiger partial charge >= 0.3 is 0 Å². The predicted octanol–water partition coefficient (Wildman–Crippen LogP) is 6.08. The third-order valence-corrected chi connectivity index (χ3v) is 9.10. The molecule has 5 nitrogen and oxygen atoms in total. The summed E-state index contributed by atoms with van der Waals surface area (Å²) in [5, 5.41) is 14.9. The summed E-state index contributed by atoms with van der Waals surface area (Å²) in [6.45, 7) is 8.96. The molecule has 0 aromatic heterocycles. The van der Waals surface area contributed by atoms with Crippen LogP contribution in [0.1, 0.15) is 56.7 Å². The van der Waals surface area contributed by atoms with Gasteiger partial charge in [0.2, 0.25) is 0 Å². The van der Waals surface area contributed by atoms with E-state index >= 15 is 4.39 Å². The highest BCUT2D eigenvalue weighted by Gasteiger charge is 2.52. The number of allylic oxidation sites excluding steroid dienone is 3. The van der Waals surface area contributed by atoms with Gasteiger partial charge in [0, 0.05) is 29.6 Å². The number of hydrogen-bond donors (Lipinski definition) is 1.